The highest BCUT2D eigenvalue weighted by Crippen LogP contribution is 2.47. The number of hydrogen-bond donors (Lipinski definition) is 2. The second-order valence-electron chi connectivity index (χ2n) is 4.18. The summed E-state index contributed by atoms with van der Waals surface area (Å²) < 4.78 is 0.781. The molecule has 0 aliphatic heterocycles. The maximum Gasteiger partial charge on any atom is 0.133 e. The topological polar surface area (TPSA) is 46.2 Å². The third-order valence-electron chi connectivity index (χ3n) is 3.00. The van der Waals surface area contributed by atoms with Gasteiger partial charge < -0.3 is 10.8 Å². The first-order valence-corrected chi connectivity index (χ1v) is 5.53. The Morgan fingerprint density at radius 2 is 2.00 bits per heavy atom. The van der Waals surface area contributed by atoms with Crippen molar-refractivity contribution in [2.45, 2.75) is 32.2 Å². The largest absolute Gasteiger partial charge is 0.506 e. The van der Waals surface area contributed by atoms with E-state index in [0.29, 0.717) is 5.75 Å². The van der Waals surface area contributed by atoms with Crippen LogP contribution in [0.25, 0.3) is 0 Å². The summed E-state index contributed by atoms with van der Waals surface area (Å²) in [5.41, 5.74) is 9.00. The number of aryl methyl sites for hydroxylation is 1. The summed E-state index contributed by atoms with van der Waals surface area (Å²) in [6.07, 6.45) is 2.04. The van der Waals surface area contributed by atoms with Crippen LogP contribution in [-0.2, 0) is 5.54 Å². The van der Waals surface area contributed by atoms with Crippen molar-refractivity contribution in [2.24, 2.45) is 5.73 Å². The van der Waals surface area contributed by atoms with E-state index >= 15 is 0 Å². The molecule has 0 radical (unpaired) electrons. The zero-order valence-corrected chi connectivity index (χ0v) is 9.98. The van der Waals surface area contributed by atoms with Gasteiger partial charge in [-0.3, -0.25) is 0 Å². The first-order valence-electron chi connectivity index (χ1n) is 4.74. The van der Waals surface area contributed by atoms with Crippen molar-refractivity contribution in [3.8, 4) is 5.75 Å². The molecule has 0 amide bonds. The monoisotopic (exact) mass is 255 g/mol. The lowest BCUT2D eigenvalue weighted by Gasteiger charge is -2.16. The Morgan fingerprint density at radius 3 is 2.50 bits per heavy atom. The van der Waals surface area contributed by atoms with Crippen LogP contribution >= 0.6 is 15.9 Å². The van der Waals surface area contributed by atoms with Gasteiger partial charge in [-0.15, -0.1) is 0 Å². The lowest BCUT2D eigenvalue weighted by Crippen LogP contribution is -2.20. The molecule has 0 heterocycles. The summed E-state index contributed by atoms with van der Waals surface area (Å²) in [6.45, 7) is 3.89. The van der Waals surface area contributed by atoms with E-state index in [1.54, 1.807) is 0 Å². The Morgan fingerprint density at radius 1 is 1.43 bits per heavy atom. The predicted molar refractivity (Wildman–Crippen MR) is 60.4 cm³/mol. The highest BCUT2D eigenvalue weighted by atomic mass is 79.9. The summed E-state index contributed by atoms with van der Waals surface area (Å²) in [7, 11) is 0. The number of aromatic hydroxyl groups is 1. The lowest BCUT2D eigenvalue weighted by atomic mass is 9.97. The van der Waals surface area contributed by atoms with E-state index in [1.807, 2.05) is 13.8 Å². The number of halogens is 1. The highest BCUT2D eigenvalue weighted by Gasteiger charge is 2.41. The standard InChI is InChI=1S/C11H14BrNO/c1-6-5-8(11(13)3-4-11)7(2)10(14)9(6)12/h5,14H,3-4,13H2,1-2H3. The summed E-state index contributed by atoms with van der Waals surface area (Å²) >= 11 is 3.36. The van der Waals surface area contributed by atoms with E-state index in [0.717, 1.165) is 34.0 Å². The van der Waals surface area contributed by atoms with Crippen molar-refractivity contribution >= 4 is 15.9 Å². The minimum Gasteiger partial charge on any atom is -0.506 e. The van der Waals surface area contributed by atoms with E-state index in [-0.39, 0.29) is 5.54 Å². The fourth-order valence-electron chi connectivity index (χ4n) is 1.79. The van der Waals surface area contributed by atoms with Crippen molar-refractivity contribution in [1.29, 1.82) is 0 Å². The van der Waals surface area contributed by atoms with Crippen LogP contribution in [0.1, 0.15) is 29.5 Å². The van der Waals surface area contributed by atoms with Gasteiger partial charge >= 0.3 is 0 Å². The average molecular weight is 256 g/mol. The van der Waals surface area contributed by atoms with Gasteiger partial charge in [-0.25, -0.2) is 0 Å². The van der Waals surface area contributed by atoms with Gasteiger partial charge in [0.2, 0.25) is 0 Å². The van der Waals surface area contributed by atoms with Crippen LogP contribution in [0.3, 0.4) is 0 Å². The van der Waals surface area contributed by atoms with E-state index in [2.05, 4.69) is 22.0 Å². The lowest BCUT2D eigenvalue weighted by molar-refractivity contribution is 0.464. The van der Waals surface area contributed by atoms with Crippen molar-refractivity contribution in [2.75, 3.05) is 0 Å². The first kappa shape index (κ1) is 9.99. The third-order valence-corrected chi connectivity index (χ3v) is 4.00. The molecule has 0 aromatic heterocycles. The SMILES string of the molecule is Cc1cc(C2(N)CC2)c(C)c(O)c1Br. The maximum absolute atomic E-state index is 9.86. The van der Waals surface area contributed by atoms with Crippen LogP contribution in [0.5, 0.6) is 5.75 Å². The van der Waals surface area contributed by atoms with Gasteiger partial charge in [-0.1, -0.05) is 6.07 Å². The zero-order valence-electron chi connectivity index (χ0n) is 8.39. The first-order chi connectivity index (χ1) is 6.46. The molecule has 1 fully saturated rings. The minimum atomic E-state index is -0.174. The van der Waals surface area contributed by atoms with Crippen molar-refractivity contribution in [3.05, 3.63) is 27.2 Å². The number of rotatable bonds is 1. The Balaban J connectivity index is 2.62. The second-order valence-corrected chi connectivity index (χ2v) is 4.98. The molecule has 14 heavy (non-hydrogen) atoms. The Kier molecular flexibility index (Phi) is 2.12. The van der Waals surface area contributed by atoms with Gasteiger partial charge in [0.15, 0.2) is 0 Å². The van der Waals surface area contributed by atoms with E-state index in [9.17, 15) is 5.11 Å². The number of phenols is 1. The normalized spacial score (nSPS) is 18.3. The smallest absolute Gasteiger partial charge is 0.133 e. The average Bonchev–Trinajstić information content (AvgIpc) is 2.87. The molecule has 1 aliphatic rings. The molecule has 0 unspecified atom stereocenters. The van der Waals surface area contributed by atoms with Gasteiger partial charge in [0.25, 0.3) is 0 Å². The van der Waals surface area contributed by atoms with Crippen LogP contribution in [0.4, 0.5) is 0 Å². The van der Waals surface area contributed by atoms with Crippen molar-refractivity contribution in [3.63, 3.8) is 0 Å². The fraction of sp³-hybridized carbons (Fsp3) is 0.455. The van der Waals surface area contributed by atoms with Crippen molar-refractivity contribution < 1.29 is 5.11 Å². The number of benzene rings is 1. The Bertz CT molecular complexity index is 397. The van der Waals surface area contributed by atoms with Crippen LogP contribution < -0.4 is 5.73 Å². The third kappa shape index (κ3) is 1.35. The molecule has 1 aliphatic carbocycles. The number of nitrogens with two attached hydrogens (primary N) is 1. The van der Waals surface area contributed by atoms with Crippen LogP contribution in [0.15, 0.2) is 10.5 Å². The van der Waals surface area contributed by atoms with Gasteiger partial charge in [-0.2, -0.15) is 0 Å². The van der Waals surface area contributed by atoms with Crippen molar-refractivity contribution in [1.82, 2.24) is 0 Å². The molecule has 0 spiro atoms. The summed E-state index contributed by atoms with van der Waals surface area (Å²) in [5, 5.41) is 9.86. The fourth-order valence-corrected chi connectivity index (χ4v) is 2.20. The molecule has 0 atom stereocenters. The zero-order chi connectivity index (χ0) is 10.5. The molecule has 1 aromatic rings. The molecule has 0 saturated heterocycles. The van der Waals surface area contributed by atoms with Gasteiger partial charge in [0.05, 0.1) is 4.47 Å². The van der Waals surface area contributed by atoms with Gasteiger partial charge in [0.1, 0.15) is 5.75 Å². The molecule has 1 aromatic carbocycles. The van der Waals surface area contributed by atoms with E-state index in [4.69, 9.17) is 5.73 Å². The summed E-state index contributed by atoms with van der Waals surface area (Å²) in [6, 6.07) is 2.08. The minimum absolute atomic E-state index is 0.174. The van der Waals surface area contributed by atoms with Crippen LogP contribution in [0, 0.1) is 13.8 Å². The van der Waals surface area contributed by atoms with Crippen LogP contribution in [-0.4, -0.2) is 5.11 Å². The van der Waals surface area contributed by atoms with E-state index in [1.165, 1.54) is 0 Å². The molecule has 3 heteroatoms. The summed E-state index contributed by atoms with van der Waals surface area (Å²) in [4.78, 5) is 0. The molecular formula is C11H14BrNO. The predicted octanol–water partition coefficient (Wildman–Crippen LogP) is 2.72. The molecule has 2 nitrogen and oxygen atoms in total. The molecule has 76 valence electrons. The molecule has 3 N–H and O–H groups in total. The Labute approximate surface area is 92.3 Å². The van der Waals surface area contributed by atoms with Crippen LogP contribution in [0.2, 0.25) is 0 Å². The maximum atomic E-state index is 9.86. The molecule has 1 saturated carbocycles. The van der Waals surface area contributed by atoms with E-state index < -0.39 is 0 Å². The van der Waals surface area contributed by atoms with Gasteiger partial charge in [0, 0.05) is 5.54 Å². The molecular weight excluding hydrogens is 242 g/mol. The number of phenolic OH excluding ortho intramolecular Hbond substituents is 1. The molecule has 2 rings (SSSR count). The second kappa shape index (κ2) is 2.97. The highest BCUT2D eigenvalue weighted by molar-refractivity contribution is 9.10. The molecule has 0 bridgehead atoms. The number of hydrogen-bond acceptors (Lipinski definition) is 2. The van der Waals surface area contributed by atoms with Gasteiger partial charge in [-0.05, 0) is 59.3 Å². The summed E-state index contributed by atoms with van der Waals surface area (Å²) in [5.74, 6) is 0.330. The Hall–Kier alpha value is -0.540. The quantitative estimate of drug-likeness (QED) is 0.811.